The van der Waals surface area contributed by atoms with Crippen LogP contribution < -0.4 is 5.73 Å². The lowest BCUT2D eigenvalue weighted by Gasteiger charge is -2.30. The largest absolute Gasteiger partial charge is 0.462 e. The molecule has 9 nitrogen and oxygen atoms in total. The number of aldehydes is 1. The highest BCUT2D eigenvalue weighted by Gasteiger charge is 2.37. The summed E-state index contributed by atoms with van der Waals surface area (Å²) in [6.07, 6.45) is -4.13. The summed E-state index contributed by atoms with van der Waals surface area (Å²) in [5.74, 6) is -2.21. The van der Waals surface area contributed by atoms with Crippen LogP contribution in [0, 0.1) is 0 Å². The van der Waals surface area contributed by atoms with E-state index < -0.39 is 48.9 Å². The summed E-state index contributed by atoms with van der Waals surface area (Å²) in [6.45, 7) is 2.80. The van der Waals surface area contributed by atoms with Crippen molar-refractivity contribution in [3.05, 3.63) is 0 Å². The Morgan fingerprint density at radius 1 is 1.10 bits per heavy atom. The lowest BCUT2D eigenvalue weighted by atomic mass is 10.0. The number of ether oxygens (including phenoxy) is 3. The molecule has 9 heteroatoms. The number of hydrogen-bond donors (Lipinski definition) is 2. The van der Waals surface area contributed by atoms with Gasteiger partial charge in [0.25, 0.3) is 0 Å². The molecule has 0 rings (SSSR count). The molecule has 0 heterocycles. The van der Waals surface area contributed by atoms with Crippen molar-refractivity contribution in [2.75, 3.05) is 6.61 Å². The second kappa shape index (κ2) is 9.03. The molecule has 0 aromatic carbocycles. The number of hydrogen-bond acceptors (Lipinski definition) is 9. The average molecular weight is 305 g/mol. The van der Waals surface area contributed by atoms with E-state index in [4.69, 9.17) is 15.2 Å². The molecule has 0 fully saturated rings. The third-order valence-electron chi connectivity index (χ3n) is 2.32. The summed E-state index contributed by atoms with van der Waals surface area (Å²) in [4.78, 5) is 43.6. The summed E-state index contributed by atoms with van der Waals surface area (Å²) in [6, 6.07) is -1.37. The van der Waals surface area contributed by atoms with Crippen molar-refractivity contribution >= 4 is 24.2 Å². The lowest BCUT2D eigenvalue weighted by molar-refractivity contribution is -0.183. The van der Waals surface area contributed by atoms with Crippen LogP contribution in [-0.2, 0) is 33.4 Å². The van der Waals surface area contributed by atoms with Gasteiger partial charge in [-0.15, -0.1) is 0 Å². The number of carbonyl (C=O) groups is 4. The molecule has 0 saturated carbocycles. The van der Waals surface area contributed by atoms with E-state index in [1.54, 1.807) is 0 Å². The highest BCUT2D eigenvalue weighted by Crippen LogP contribution is 2.13. The number of aliphatic hydroxyl groups excluding tert-OH is 1. The second-order valence-corrected chi connectivity index (χ2v) is 4.23. The molecule has 4 atom stereocenters. The lowest BCUT2D eigenvalue weighted by Crippen LogP contribution is -2.53. The quantitative estimate of drug-likeness (QED) is 0.304. The minimum Gasteiger partial charge on any atom is -0.462 e. The van der Waals surface area contributed by atoms with Crippen molar-refractivity contribution in [2.45, 2.75) is 45.1 Å². The fourth-order valence-corrected chi connectivity index (χ4v) is 1.47. The van der Waals surface area contributed by atoms with E-state index in [1.165, 1.54) is 0 Å². The first-order valence-corrected chi connectivity index (χ1v) is 6.05. The van der Waals surface area contributed by atoms with Gasteiger partial charge in [-0.3, -0.25) is 14.4 Å². The first kappa shape index (κ1) is 19.0. The van der Waals surface area contributed by atoms with Crippen LogP contribution in [0.15, 0.2) is 0 Å². The van der Waals surface area contributed by atoms with E-state index in [0.717, 1.165) is 20.8 Å². The van der Waals surface area contributed by atoms with E-state index in [-0.39, 0.29) is 6.29 Å². The van der Waals surface area contributed by atoms with E-state index >= 15 is 0 Å². The molecule has 0 radical (unpaired) electrons. The van der Waals surface area contributed by atoms with Crippen LogP contribution in [0.25, 0.3) is 0 Å². The molecule has 21 heavy (non-hydrogen) atoms. The standard InChI is InChI=1S/C12H19NO8/c1-6(15)19-5-10(20-7(2)16)12(21-8(3)17)11(18)9(13)4-14/h4,9-12,18H,5,13H2,1-3H3/t9-,10-,11-,12-/m1/s1. The number of aliphatic hydroxyl groups is 1. The molecular formula is C12H19NO8. The van der Waals surface area contributed by atoms with Gasteiger partial charge in [-0.05, 0) is 0 Å². The number of rotatable bonds is 8. The molecule has 120 valence electrons. The summed E-state index contributed by atoms with van der Waals surface area (Å²) < 4.78 is 14.4. The Kier molecular flexibility index (Phi) is 8.17. The summed E-state index contributed by atoms with van der Waals surface area (Å²) in [5, 5.41) is 9.91. The Balaban J connectivity index is 5.21. The van der Waals surface area contributed by atoms with Gasteiger partial charge in [-0.25, -0.2) is 0 Å². The third-order valence-corrected chi connectivity index (χ3v) is 2.32. The topological polar surface area (TPSA) is 142 Å². The van der Waals surface area contributed by atoms with Crippen molar-refractivity contribution in [3.8, 4) is 0 Å². The normalized spacial score (nSPS) is 16.0. The van der Waals surface area contributed by atoms with Gasteiger partial charge < -0.3 is 29.8 Å². The van der Waals surface area contributed by atoms with Crippen molar-refractivity contribution in [1.82, 2.24) is 0 Å². The zero-order valence-electron chi connectivity index (χ0n) is 12.0. The summed E-state index contributed by atoms with van der Waals surface area (Å²) >= 11 is 0. The van der Waals surface area contributed by atoms with E-state index in [2.05, 4.69) is 4.74 Å². The molecule has 0 aromatic rings. The van der Waals surface area contributed by atoms with Crippen LogP contribution in [-0.4, -0.2) is 60.3 Å². The number of nitrogens with two attached hydrogens (primary N) is 1. The van der Waals surface area contributed by atoms with Crippen molar-refractivity contribution < 1.29 is 38.5 Å². The van der Waals surface area contributed by atoms with Gasteiger partial charge in [0.1, 0.15) is 19.0 Å². The van der Waals surface area contributed by atoms with Gasteiger partial charge >= 0.3 is 17.9 Å². The van der Waals surface area contributed by atoms with Gasteiger partial charge in [0.15, 0.2) is 12.2 Å². The molecule has 0 aliphatic rings. The molecular weight excluding hydrogens is 286 g/mol. The van der Waals surface area contributed by atoms with Crippen LogP contribution in [0.1, 0.15) is 20.8 Å². The van der Waals surface area contributed by atoms with Gasteiger partial charge in [0, 0.05) is 20.8 Å². The van der Waals surface area contributed by atoms with Gasteiger partial charge in [-0.1, -0.05) is 0 Å². The summed E-state index contributed by atoms with van der Waals surface area (Å²) in [5.41, 5.74) is 5.36. The molecule has 0 amide bonds. The Labute approximate surface area is 121 Å². The van der Waals surface area contributed by atoms with Crippen LogP contribution in [0.2, 0.25) is 0 Å². The Morgan fingerprint density at radius 3 is 2.00 bits per heavy atom. The Hall–Kier alpha value is -2.00. The molecule has 0 aromatic heterocycles. The van der Waals surface area contributed by atoms with Crippen molar-refractivity contribution in [1.29, 1.82) is 0 Å². The van der Waals surface area contributed by atoms with E-state index in [9.17, 15) is 24.3 Å². The number of esters is 3. The predicted molar refractivity (Wildman–Crippen MR) is 67.8 cm³/mol. The molecule has 0 saturated heterocycles. The minimum atomic E-state index is -1.63. The number of carbonyl (C=O) groups excluding carboxylic acids is 4. The SMILES string of the molecule is CC(=O)OC[C@@H](OC(C)=O)[C@@H](OC(C)=O)[C@H](O)[C@H](N)C=O. The average Bonchev–Trinajstić information content (AvgIpc) is 2.38. The zero-order chi connectivity index (χ0) is 16.6. The minimum absolute atomic E-state index is 0.248. The van der Waals surface area contributed by atoms with Crippen molar-refractivity contribution in [3.63, 3.8) is 0 Å². The van der Waals surface area contributed by atoms with Gasteiger partial charge in [0.2, 0.25) is 0 Å². The highest BCUT2D eigenvalue weighted by molar-refractivity contribution is 5.68. The smallest absolute Gasteiger partial charge is 0.303 e. The van der Waals surface area contributed by atoms with Crippen LogP contribution >= 0.6 is 0 Å². The molecule has 3 N–H and O–H groups in total. The molecule has 0 bridgehead atoms. The highest BCUT2D eigenvalue weighted by atomic mass is 16.6. The molecule has 0 spiro atoms. The first-order valence-electron chi connectivity index (χ1n) is 6.05. The van der Waals surface area contributed by atoms with Crippen LogP contribution in [0.4, 0.5) is 0 Å². The Bertz CT molecular complexity index is 397. The van der Waals surface area contributed by atoms with Crippen LogP contribution in [0.3, 0.4) is 0 Å². The molecule has 0 unspecified atom stereocenters. The van der Waals surface area contributed by atoms with E-state index in [1.807, 2.05) is 0 Å². The summed E-state index contributed by atoms with van der Waals surface area (Å²) in [7, 11) is 0. The fraction of sp³-hybridized carbons (Fsp3) is 0.667. The van der Waals surface area contributed by atoms with Crippen LogP contribution in [0.5, 0.6) is 0 Å². The molecule has 0 aliphatic carbocycles. The fourth-order valence-electron chi connectivity index (χ4n) is 1.47. The van der Waals surface area contributed by atoms with Gasteiger partial charge in [0.05, 0.1) is 6.04 Å². The monoisotopic (exact) mass is 305 g/mol. The molecule has 0 aliphatic heterocycles. The predicted octanol–water partition coefficient (Wildman–Crippen LogP) is -1.70. The maximum absolute atomic E-state index is 11.1. The first-order chi connectivity index (χ1) is 9.68. The zero-order valence-corrected chi connectivity index (χ0v) is 12.0. The maximum atomic E-state index is 11.1. The van der Waals surface area contributed by atoms with E-state index in [0.29, 0.717) is 0 Å². The maximum Gasteiger partial charge on any atom is 0.303 e. The second-order valence-electron chi connectivity index (χ2n) is 4.23. The Morgan fingerprint density at radius 2 is 1.62 bits per heavy atom. The third kappa shape index (κ3) is 7.37. The van der Waals surface area contributed by atoms with Gasteiger partial charge in [-0.2, -0.15) is 0 Å². The van der Waals surface area contributed by atoms with Crippen molar-refractivity contribution in [2.24, 2.45) is 5.73 Å².